The lowest BCUT2D eigenvalue weighted by molar-refractivity contribution is -0.385. The molecule has 118 valence electrons. The van der Waals surface area contributed by atoms with E-state index in [1.807, 2.05) is 0 Å². The molecule has 0 aliphatic heterocycles. The van der Waals surface area contributed by atoms with Crippen LogP contribution >= 0.6 is 23.2 Å². The fourth-order valence-corrected chi connectivity index (χ4v) is 2.30. The fourth-order valence-electron chi connectivity index (χ4n) is 1.80. The molecule has 0 spiro atoms. The highest BCUT2D eigenvalue weighted by molar-refractivity contribution is 6.38. The van der Waals surface area contributed by atoms with Gasteiger partial charge in [0.15, 0.2) is 0 Å². The zero-order valence-electron chi connectivity index (χ0n) is 11.9. The second kappa shape index (κ2) is 7.21. The van der Waals surface area contributed by atoms with Gasteiger partial charge in [0.05, 0.1) is 21.2 Å². The van der Waals surface area contributed by atoms with Gasteiger partial charge in [-0.05, 0) is 25.1 Å². The molecule has 2 aromatic carbocycles. The summed E-state index contributed by atoms with van der Waals surface area (Å²) < 4.78 is 0. The summed E-state index contributed by atoms with van der Waals surface area (Å²) in [6.45, 7) is 1.59. The summed E-state index contributed by atoms with van der Waals surface area (Å²) in [6, 6.07) is 9.14. The number of nitro groups is 1. The lowest BCUT2D eigenvalue weighted by Gasteiger charge is -2.03. The molecule has 0 aromatic heterocycles. The molecule has 0 saturated heterocycles. The van der Waals surface area contributed by atoms with Gasteiger partial charge in [-0.3, -0.25) is 14.9 Å². The van der Waals surface area contributed by atoms with Crippen molar-refractivity contribution in [2.45, 2.75) is 6.92 Å². The number of amides is 1. The summed E-state index contributed by atoms with van der Waals surface area (Å²) in [5, 5.41) is 15.4. The minimum absolute atomic E-state index is 0.129. The highest BCUT2D eigenvalue weighted by Gasteiger charge is 2.14. The normalized spacial score (nSPS) is 10.7. The number of nitro benzene ring substituents is 1. The fraction of sp³-hybridized carbons (Fsp3) is 0.0667. The molecule has 8 heteroatoms. The number of nitrogens with one attached hydrogen (secondary N) is 1. The van der Waals surface area contributed by atoms with Gasteiger partial charge in [-0.1, -0.05) is 35.3 Å². The summed E-state index contributed by atoms with van der Waals surface area (Å²) in [6.07, 6.45) is 1.31. The van der Waals surface area contributed by atoms with Gasteiger partial charge in [0, 0.05) is 22.8 Å². The largest absolute Gasteiger partial charge is 0.273 e. The van der Waals surface area contributed by atoms with Crippen LogP contribution in [-0.2, 0) is 0 Å². The Kier molecular flexibility index (Phi) is 5.31. The molecule has 2 aromatic rings. The van der Waals surface area contributed by atoms with E-state index in [1.54, 1.807) is 25.1 Å². The zero-order valence-corrected chi connectivity index (χ0v) is 13.4. The van der Waals surface area contributed by atoms with Crippen LogP contribution in [0.1, 0.15) is 21.5 Å². The molecule has 0 heterocycles. The average molecular weight is 352 g/mol. The van der Waals surface area contributed by atoms with Crippen molar-refractivity contribution in [1.29, 1.82) is 0 Å². The van der Waals surface area contributed by atoms with E-state index in [1.165, 1.54) is 24.4 Å². The van der Waals surface area contributed by atoms with E-state index in [0.29, 0.717) is 21.2 Å². The van der Waals surface area contributed by atoms with Crippen LogP contribution in [0.3, 0.4) is 0 Å². The topological polar surface area (TPSA) is 84.6 Å². The lowest BCUT2D eigenvalue weighted by Crippen LogP contribution is -2.18. The molecule has 0 aliphatic carbocycles. The van der Waals surface area contributed by atoms with Crippen LogP contribution < -0.4 is 5.43 Å². The first-order valence-electron chi connectivity index (χ1n) is 6.42. The Balaban J connectivity index is 2.15. The minimum atomic E-state index is -0.576. The van der Waals surface area contributed by atoms with Crippen LogP contribution in [0, 0.1) is 17.0 Å². The zero-order chi connectivity index (χ0) is 17.0. The molecule has 0 aliphatic rings. The van der Waals surface area contributed by atoms with Gasteiger partial charge in [0.1, 0.15) is 0 Å². The van der Waals surface area contributed by atoms with E-state index >= 15 is 0 Å². The first-order chi connectivity index (χ1) is 10.9. The number of hydrazone groups is 1. The van der Waals surface area contributed by atoms with Crippen molar-refractivity contribution in [1.82, 2.24) is 5.43 Å². The minimum Gasteiger partial charge on any atom is -0.267 e. The standard InChI is InChI=1S/C15H11Cl2N3O3/c1-9-5-6-10(7-14(9)20(22)23)15(21)19-18-8-11-12(16)3-2-4-13(11)17/h2-8H,1H3,(H,19,21)/b18-8+. The monoisotopic (exact) mass is 351 g/mol. The Morgan fingerprint density at radius 1 is 1.26 bits per heavy atom. The predicted octanol–water partition coefficient (Wildman–Crippen LogP) is 3.97. The number of hydrogen-bond acceptors (Lipinski definition) is 4. The van der Waals surface area contributed by atoms with E-state index in [9.17, 15) is 14.9 Å². The third-order valence-corrected chi connectivity index (χ3v) is 3.69. The van der Waals surface area contributed by atoms with E-state index in [4.69, 9.17) is 23.2 Å². The second-order valence-corrected chi connectivity index (χ2v) is 5.41. The molecular weight excluding hydrogens is 341 g/mol. The summed E-state index contributed by atoms with van der Waals surface area (Å²) >= 11 is 11.9. The molecule has 0 unspecified atom stereocenters. The van der Waals surface area contributed by atoms with Crippen molar-refractivity contribution in [3.63, 3.8) is 0 Å². The van der Waals surface area contributed by atoms with Gasteiger partial charge in [-0.25, -0.2) is 5.43 Å². The summed E-state index contributed by atoms with van der Waals surface area (Å²) in [4.78, 5) is 22.3. The van der Waals surface area contributed by atoms with Gasteiger partial charge < -0.3 is 0 Å². The van der Waals surface area contributed by atoms with E-state index in [2.05, 4.69) is 10.5 Å². The van der Waals surface area contributed by atoms with Crippen LogP contribution in [-0.4, -0.2) is 17.0 Å². The highest BCUT2D eigenvalue weighted by atomic mass is 35.5. The Morgan fingerprint density at radius 3 is 2.52 bits per heavy atom. The van der Waals surface area contributed by atoms with Crippen LogP contribution in [0.25, 0.3) is 0 Å². The number of halogens is 2. The Hall–Kier alpha value is -2.44. The van der Waals surface area contributed by atoms with E-state index in [-0.39, 0.29) is 11.3 Å². The first-order valence-corrected chi connectivity index (χ1v) is 7.18. The number of carbonyl (C=O) groups is 1. The summed E-state index contributed by atoms with van der Waals surface area (Å²) in [5.74, 6) is -0.576. The van der Waals surface area contributed by atoms with Crippen molar-refractivity contribution < 1.29 is 9.72 Å². The molecule has 0 radical (unpaired) electrons. The maximum absolute atomic E-state index is 12.0. The summed E-state index contributed by atoms with van der Waals surface area (Å²) in [7, 11) is 0. The highest BCUT2D eigenvalue weighted by Crippen LogP contribution is 2.22. The number of hydrogen-bond donors (Lipinski definition) is 1. The van der Waals surface area contributed by atoms with Crippen molar-refractivity contribution in [2.24, 2.45) is 5.10 Å². The molecule has 6 nitrogen and oxygen atoms in total. The van der Waals surface area contributed by atoms with E-state index in [0.717, 1.165) is 0 Å². The molecule has 0 saturated carbocycles. The number of rotatable bonds is 4. The Labute approximate surface area is 141 Å². The van der Waals surface area contributed by atoms with E-state index < -0.39 is 10.8 Å². The van der Waals surface area contributed by atoms with Crippen LogP contribution in [0.5, 0.6) is 0 Å². The lowest BCUT2D eigenvalue weighted by atomic mass is 10.1. The molecule has 2 rings (SSSR count). The molecule has 1 N–H and O–H groups in total. The van der Waals surface area contributed by atoms with Crippen molar-refractivity contribution in [3.05, 3.63) is 73.2 Å². The number of carbonyl (C=O) groups excluding carboxylic acids is 1. The molecule has 23 heavy (non-hydrogen) atoms. The predicted molar refractivity (Wildman–Crippen MR) is 89.4 cm³/mol. The van der Waals surface area contributed by atoms with Gasteiger partial charge in [-0.2, -0.15) is 5.10 Å². The Bertz CT molecular complexity index is 786. The molecule has 0 atom stereocenters. The van der Waals surface area contributed by atoms with Gasteiger partial charge in [0.2, 0.25) is 0 Å². The summed E-state index contributed by atoms with van der Waals surface area (Å²) in [5.41, 5.74) is 3.21. The third-order valence-electron chi connectivity index (χ3n) is 3.03. The van der Waals surface area contributed by atoms with Crippen LogP contribution in [0.15, 0.2) is 41.5 Å². The second-order valence-electron chi connectivity index (χ2n) is 4.59. The SMILES string of the molecule is Cc1ccc(C(=O)N/N=C/c2c(Cl)cccc2Cl)cc1[N+](=O)[O-]. The van der Waals surface area contributed by atoms with Crippen LogP contribution in [0.2, 0.25) is 10.0 Å². The quantitative estimate of drug-likeness (QED) is 0.513. The van der Waals surface area contributed by atoms with Crippen LogP contribution in [0.4, 0.5) is 5.69 Å². The van der Waals surface area contributed by atoms with Gasteiger partial charge >= 0.3 is 0 Å². The van der Waals surface area contributed by atoms with Crippen molar-refractivity contribution >= 4 is 41.0 Å². The average Bonchev–Trinajstić information content (AvgIpc) is 2.50. The van der Waals surface area contributed by atoms with Gasteiger partial charge in [0.25, 0.3) is 11.6 Å². The maximum Gasteiger partial charge on any atom is 0.273 e. The Morgan fingerprint density at radius 2 is 1.91 bits per heavy atom. The molecular formula is C15H11Cl2N3O3. The number of benzene rings is 2. The first kappa shape index (κ1) is 16.9. The molecule has 1 amide bonds. The number of nitrogens with zero attached hydrogens (tertiary/aromatic N) is 2. The number of aryl methyl sites for hydroxylation is 1. The van der Waals surface area contributed by atoms with Crippen molar-refractivity contribution in [2.75, 3.05) is 0 Å². The van der Waals surface area contributed by atoms with Crippen molar-refractivity contribution in [3.8, 4) is 0 Å². The van der Waals surface area contributed by atoms with Gasteiger partial charge in [-0.15, -0.1) is 0 Å². The third kappa shape index (κ3) is 4.06. The molecule has 0 bridgehead atoms. The smallest absolute Gasteiger partial charge is 0.267 e. The maximum atomic E-state index is 12.0. The molecule has 0 fully saturated rings.